The Bertz CT molecular complexity index is 1010. The van der Waals surface area contributed by atoms with Gasteiger partial charge in [0.2, 0.25) is 0 Å². The van der Waals surface area contributed by atoms with Gasteiger partial charge in [-0.05, 0) is 50.9 Å². The molecule has 4 aromatic rings. The quantitative estimate of drug-likeness (QED) is 0.386. The number of hydrogen-bond donors (Lipinski definition) is 0. The maximum Gasteiger partial charge on any atom is 0.0349 e. The van der Waals surface area contributed by atoms with E-state index in [0.29, 0.717) is 0 Å². The van der Waals surface area contributed by atoms with E-state index in [1.807, 2.05) is 12.4 Å². The number of rotatable bonds is 0. The lowest BCUT2D eigenvalue weighted by Crippen LogP contribution is -1.84. The van der Waals surface area contributed by atoms with Crippen molar-refractivity contribution >= 4 is 21.5 Å². The molecule has 0 saturated carbocycles. The van der Waals surface area contributed by atoms with Gasteiger partial charge in [-0.25, -0.2) is 0 Å². The molecule has 0 saturated heterocycles. The van der Waals surface area contributed by atoms with E-state index >= 15 is 0 Å². The van der Waals surface area contributed by atoms with Gasteiger partial charge in [0.1, 0.15) is 0 Å². The Hall–Kier alpha value is -2.67. The van der Waals surface area contributed by atoms with Crippen molar-refractivity contribution in [2.45, 2.75) is 6.42 Å². The number of hydrogen-bond acceptors (Lipinski definition) is 1. The molecular formula is C20H13N. The fraction of sp³-hybridized carbons (Fsp3) is 0.0500. The van der Waals surface area contributed by atoms with Crippen LogP contribution in [0, 0.1) is 0 Å². The Morgan fingerprint density at radius 1 is 0.762 bits per heavy atom. The number of fused-ring (bicyclic) bond motifs is 7. The van der Waals surface area contributed by atoms with Gasteiger partial charge in [0, 0.05) is 17.8 Å². The first-order valence-electron chi connectivity index (χ1n) is 7.28. The van der Waals surface area contributed by atoms with Crippen molar-refractivity contribution in [2.24, 2.45) is 0 Å². The normalized spacial score (nSPS) is 12.6. The monoisotopic (exact) mass is 267 g/mol. The highest BCUT2D eigenvalue weighted by atomic mass is 14.6. The molecule has 1 heteroatoms. The van der Waals surface area contributed by atoms with Crippen molar-refractivity contribution in [1.82, 2.24) is 4.98 Å². The molecule has 1 aromatic heterocycles. The Morgan fingerprint density at radius 2 is 1.62 bits per heavy atom. The van der Waals surface area contributed by atoms with Crippen molar-refractivity contribution in [3.63, 3.8) is 0 Å². The van der Waals surface area contributed by atoms with Crippen molar-refractivity contribution in [2.75, 3.05) is 0 Å². The molecule has 1 nitrogen and oxygen atoms in total. The molecule has 1 aliphatic rings. The van der Waals surface area contributed by atoms with E-state index < -0.39 is 0 Å². The molecule has 0 fully saturated rings. The summed E-state index contributed by atoms with van der Waals surface area (Å²) in [6, 6.07) is 19.8. The summed E-state index contributed by atoms with van der Waals surface area (Å²) in [6.45, 7) is 0. The molecule has 0 unspecified atom stereocenters. The van der Waals surface area contributed by atoms with E-state index in [2.05, 4.69) is 59.6 Å². The first-order valence-corrected chi connectivity index (χ1v) is 7.28. The third-order valence-electron chi connectivity index (χ3n) is 4.59. The maximum atomic E-state index is 4.32. The molecule has 0 radical (unpaired) electrons. The first-order chi connectivity index (χ1) is 10.4. The van der Waals surface area contributed by atoms with Gasteiger partial charge >= 0.3 is 0 Å². The highest BCUT2D eigenvalue weighted by Crippen LogP contribution is 2.43. The SMILES string of the molecule is c1ccc2c3c(ccc2c1)Cc1c-3ccc2ccncc12. The molecule has 0 atom stereocenters. The Kier molecular flexibility index (Phi) is 2.06. The number of benzene rings is 3. The van der Waals surface area contributed by atoms with E-state index in [1.54, 1.807) is 0 Å². The zero-order valence-electron chi connectivity index (χ0n) is 11.5. The highest BCUT2D eigenvalue weighted by molar-refractivity contribution is 6.04. The lowest BCUT2D eigenvalue weighted by Gasteiger charge is -2.07. The molecule has 0 aliphatic heterocycles. The third kappa shape index (κ3) is 1.43. The lowest BCUT2D eigenvalue weighted by molar-refractivity contribution is 1.27. The van der Waals surface area contributed by atoms with E-state index in [4.69, 9.17) is 0 Å². The van der Waals surface area contributed by atoms with E-state index in [0.717, 1.165) is 6.42 Å². The van der Waals surface area contributed by atoms with E-state index in [9.17, 15) is 0 Å². The molecule has 0 bridgehead atoms. The van der Waals surface area contributed by atoms with Gasteiger partial charge in [0.05, 0.1) is 0 Å². The second kappa shape index (κ2) is 3.92. The lowest BCUT2D eigenvalue weighted by atomic mass is 9.97. The molecule has 0 amide bonds. The Morgan fingerprint density at radius 3 is 2.62 bits per heavy atom. The maximum absolute atomic E-state index is 4.32. The summed E-state index contributed by atoms with van der Waals surface area (Å²) in [5, 5.41) is 5.24. The van der Waals surface area contributed by atoms with Gasteiger partial charge in [0.15, 0.2) is 0 Å². The standard InChI is InChI=1S/C20H13N/c1-2-4-16-13(3-1)5-6-15-11-18-17(20(15)16)8-7-14-9-10-21-12-19(14)18/h1-10,12H,11H2. The van der Waals surface area contributed by atoms with Crippen molar-refractivity contribution in [3.05, 3.63) is 78.1 Å². The molecule has 3 aromatic carbocycles. The van der Waals surface area contributed by atoms with Gasteiger partial charge in [-0.3, -0.25) is 4.98 Å². The fourth-order valence-corrected chi connectivity index (χ4v) is 3.62. The van der Waals surface area contributed by atoms with Crippen LogP contribution in [0.1, 0.15) is 11.1 Å². The summed E-state index contributed by atoms with van der Waals surface area (Å²) in [5.74, 6) is 0. The second-order valence-corrected chi connectivity index (χ2v) is 5.69. The van der Waals surface area contributed by atoms with Gasteiger partial charge in [0.25, 0.3) is 0 Å². The average molecular weight is 267 g/mol. The summed E-state index contributed by atoms with van der Waals surface area (Å²) >= 11 is 0. The Labute approximate surface area is 122 Å². The van der Waals surface area contributed by atoms with Crippen LogP contribution in [0.4, 0.5) is 0 Å². The Balaban J connectivity index is 1.93. The largest absolute Gasteiger partial charge is 0.264 e. The molecule has 0 N–H and O–H groups in total. The minimum Gasteiger partial charge on any atom is -0.264 e. The summed E-state index contributed by atoms with van der Waals surface area (Å²) < 4.78 is 0. The van der Waals surface area contributed by atoms with Crippen LogP contribution in [0.5, 0.6) is 0 Å². The van der Waals surface area contributed by atoms with E-state index in [1.165, 1.54) is 43.8 Å². The van der Waals surface area contributed by atoms with Gasteiger partial charge in [-0.2, -0.15) is 0 Å². The number of aromatic nitrogens is 1. The molecule has 5 rings (SSSR count). The first kappa shape index (κ1) is 11.0. The predicted octanol–water partition coefficient (Wildman–Crippen LogP) is 4.96. The minimum atomic E-state index is 1.01. The molecule has 0 spiro atoms. The molecule has 98 valence electrons. The molecule has 1 heterocycles. The number of nitrogens with zero attached hydrogens (tertiary/aromatic N) is 1. The molecule has 21 heavy (non-hydrogen) atoms. The van der Waals surface area contributed by atoms with E-state index in [-0.39, 0.29) is 0 Å². The van der Waals surface area contributed by atoms with Gasteiger partial charge in [-0.15, -0.1) is 0 Å². The fourth-order valence-electron chi connectivity index (χ4n) is 3.62. The summed E-state index contributed by atoms with van der Waals surface area (Å²) in [5.41, 5.74) is 5.64. The summed E-state index contributed by atoms with van der Waals surface area (Å²) in [7, 11) is 0. The van der Waals surface area contributed by atoms with Crippen LogP contribution in [0.15, 0.2) is 67.0 Å². The van der Waals surface area contributed by atoms with Crippen LogP contribution in [0.25, 0.3) is 32.7 Å². The molecule has 1 aliphatic carbocycles. The van der Waals surface area contributed by atoms with Crippen LogP contribution in [0.3, 0.4) is 0 Å². The average Bonchev–Trinajstić information content (AvgIpc) is 2.94. The third-order valence-corrected chi connectivity index (χ3v) is 4.59. The smallest absolute Gasteiger partial charge is 0.0349 e. The van der Waals surface area contributed by atoms with Crippen LogP contribution in [-0.4, -0.2) is 4.98 Å². The summed E-state index contributed by atoms with van der Waals surface area (Å²) in [4.78, 5) is 4.32. The van der Waals surface area contributed by atoms with Crippen molar-refractivity contribution in [1.29, 1.82) is 0 Å². The van der Waals surface area contributed by atoms with Crippen LogP contribution in [-0.2, 0) is 6.42 Å². The van der Waals surface area contributed by atoms with Crippen LogP contribution in [0.2, 0.25) is 0 Å². The van der Waals surface area contributed by atoms with Gasteiger partial charge < -0.3 is 0 Å². The van der Waals surface area contributed by atoms with Crippen molar-refractivity contribution in [3.8, 4) is 11.1 Å². The predicted molar refractivity (Wildman–Crippen MR) is 87.5 cm³/mol. The minimum absolute atomic E-state index is 1.01. The molecular weight excluding hydrogens is 254 g/mol. The van der Waals surface area contributed by atoms with Crippen LogP contribution < -0.4 is 0 Å². The van der Waals surface area contributed by atoms with Gasteiger partial charge in [-0.1, -0.05) is 48.5 Å². The van der Waals surface area contributed by atoms with Crippen molar-refractivity contribution < 1.29 is 0 Å². The topological polar surface area (TPSA) is 12.9 Å². The zero-order chi connectivity index (χ0) is 13.8. The second-order valence-electron chi connectivity index (χ2n) is 5.69. The number of pyridine rings is 1. The zero-order valence-corrected chi connectivity index (χ0v) is 11.5. The summed E-state index contributed by atoms with van der Waals surface area (Å²) in [6.07, 6.45) is 4.88. The highest BCUT2D eigenvalue weighted by Gasteiger charge is 2.22. The van der Waals surface area contributed by atoms with Crippen LogP contribution >= 0.6 is 0 Å².